The Balaban J connectivity index is 1.43. The molecule has 2 aliphatic heterocycles. The monoisotopic (exact) mass is 527 g/mol. The number of thiazole rings is 1. The molecular formula is C27H33N3O4S2. The molecule has 2 aromatic carbocycles. The molecule has 5 rings (SSSR count). The van der Waals surface area contributed by atoms with Crippen LogP contribution in [0, 0.1) is 0 Å². The lowest BCUT2D eigenvalue weighted by molar-refractivity contribution is 0.0917. The number of carbonyl (C=O) groups is 1. The number of carbonyl (C=O) groups excluding carboxylic acids is 1. The summed E-state index contributed by atoms with van der Waals surface area (Å²) in [5.41, 5.74) is 2.54. The predicted molar refractivity (Wildman–Crippen MR) is 143 cm³/mol. The number of aryl methyl sites for hydroxylation is 1. The minimum Gasteiger partial charge on any atom is -0.376 e. The zero-order chi connectivity index (χ0) is 25.3. The van der Waals surface area contributed by atoms with Crippen molar-refractivity contribution >= 4 is 42.6 Å². The Morgan fingerprint density at radius 3 is 2.64 bits per heavy atom. The number of aromatic nitrogens is 1. The summed E-state index contributed by atoms with van der Waals surface area (Å²) in [6.45, 7) is 5.74. The highest BCUT2D eigenvalue weighted by Crippen LogP contribution is 2.32. The van der Waals surface area contributed by atoms with E-state index in [1.165, 1.54) is 16.9 Å². The second kappa shape index (κ2) is 10.6. The van der Waals surface area contributed by atoms with E-state index < -0.39 is 10.0 Å². The molecule has 36 heavy (non-hydrogen) atoms. The maximum atomic E-state index is 13.7. The molecule has 2 aliphatic rings. The van der Waals surface area contributed by atoms with Gasteiger partial charge in [0.15, 0.2) is 5.13 Å². The number of fused-ring (bicyclic) bond motifs is 1. The fourth-order valence-corrected chi connectivity index (χ4v) is 7.76. The molecule has 0 aliphatic carbocycles. The summed E-state index contributed by atoms with van der Waals surface area (Å²) in [7, 11) is -3.59. The molecule has 7 nitrogen and oxygen atoms in total. The fourth-order valence-electron chi connectivity index (χ4n) is 5.02. The SMILES string of the molecule is CCc1ccc2nc(N(CC3CCCO3)C(=O)c3ccc(S(=O)(=O)N4CCCCC4C)cc3)sc2c1. The van der Waals surface area contributed by atoms with Crippen LogP contribution in [0.5, 0.6) is 0 Å². The van der Waals surface area contributed by atoms with E-state index in [0.717, 1.165) is 48.7 Å². The van der Waals surface area contributed by atoms with Crippen molar-refractivity contribution in [3.63, 3.8) is 0 Å². The molecule has 0 saturated carbocycles. The van der Waals surface area contributed by atoms with Gasteiger partial charge < -0.3 is 4.74 Å². The van der Waals surface area contributed by atoms with E-state index in [1.54, 1.807) is 33.5 Å². The number of hydrogen-bond acceptors (Lipinski definition) is 6. The Labute approximate surface area is 217 Å². The summed E-state index contributed by atoms with van der Waals surface area (Å²) in [5, 5.41) is 0.637. The van der Waals surface area contributed by atoms with Gasteiger partial charge in [0.1, 0.15) is 0 Å². The van der Waals surface area contributed by atoms with Gasteiger partial charge in [0.2, 0.25) is 10.0 Å². The van der Waals surface area contributed by atoms with Crippen LogP contribution in [0.1, 0.15) is 61.9 Å². The second-order valence-corrected chi connectivity index (χ2v) is 12.6. The summed E-state index contributed by atoms with van der Waals surface area (Å²) >= 11 is 1.50. The molecule has 0 N–H and O–H groups in total. The minimum atomic E-state index is -3.59. The van der Waals surface area contributed by atoms with Gasteiger partial charge >= 0.3 is 0 Å². The van der Waals surface area contributed by atoms with Crippen molar-refractivity contribution < 1.29 is 17.9 Å². The highest BCUT2D eigenvalue weighted by Gasteiger charge is 2.32. The van der Waals surface area contributed by atoms with Crippen LogP contribution >= 0.6 is 11.3 Å². The summed E-state index contributed by atoms with van der Waals surface area (Å²) in [4.78, 5) is 20.4. The third-order valence-corrected chi connectivity index (χ3v) is 10.3. The van der Waals surface area contributed by atoms with Crippen LogP contribution in [0.3, 0.4) is 0 Å². The topological polar surface area (TPSA) is 79.8 Å². The number of ether oxygens (including phenoxy) is 1. The molecule has 0 bridgehead atoms. The van der Waals surface area contributed by atoms with Gasteiger partial charge in [-0.1, -0.05) is 30.7 Å². The summed E-state index contributed by atoms with van der Waals surface area (Å²) in [6, 6.07) is 12.5. The van der Waals surface area contributed by atoms with Gasteiger partial charge in [-0.25, -0.2) is 13.4 Å². The van der Waals surface area contributed by atoms with Gasteiger partial charge in [-0.05, 0) is 81.0 Å². The van der Waals surface area contributed by atoms with E-state index in [2.05, 4.69) is 19.1 Å². The standard InChI is InChI=1S/C27H33N3O4S2/c1-3-20-9-14-24-25(17-20)35-27(28-24)29(18-22-8-6-16-34-22)26(31)21-10-12-23(13-11-21)36(32,33)30-15-5-4-7-19(30)2/h9-14,17,19,22H,3-8,15-16,18H2,1-2H3. The maximum absolute atomic E-state index is 13.7. The third-order valence-electron chi connectivity index (χ3n) is 7.19. The van der Waals surface area contributed by atoms with Gasteiger partial charge in [-0.15, -0.1) is 0 Å². The Kier molecular flexibility index (Phi) is 7.44. The van der Waals surface area contributed by atoms with Gasteiger partial charge in [-0.2, -0.15) is 4.31 Å². The van der Waals surface area contributed by atoms with Crippen LogP contribution in [0.4, 0.5) is 5.13 Å². The van der Waals surface area contributed by atoms with Crippen molar-refractivity contribution in [1.29, 1.82) is 0 Å². The average molecular weight is 528 g/mol. The van der Waals surface area contributed by atoms with Gasteiger partial charge in [-0.3, -0.25) is 9.69 Å². The molecule has 2 unspecified atom stereocenters. The number of sulfonamides is 1. The third kappa shape index (κ3) is 5.07. The minimum absolute atomic E-state index is 0.0146. The van der Waals surface area contributed by atoms with E-state index in [-0.39, 0.29) is 22.9 Å². The molecule has 2 atom stereocenters. The number of nitrogens with zero attached hydrogens (tertiary/aromatic N) is 3. The first-order valence-corrected chi connectivity index (χ1v) is 15.1. The Bertz CT molecular complexity index is 1330. The first kappa shape index (κ1) is 25.3. The van der Waals surface area contributed by atoms with E-state index in [1.807, 2.05) is 13.0 Å². The van der Waals surface area contributed by atoms with Crippen LogP contribution in [0.2, 0.25) is 0 Å². The van der Waals surface area contributed by atoms with Crippen molar-refractivity contribution in [2.75, 3.05) is 24.6 Å². The first-order valence-electron chi connectivity index (χ1n) is 12.8. The lowest BCUT2D eigenvalue weighted by Crippen LogP contribution is -2.42. The fraction of sp³-hybridized carbons (Fsp3) is 0.481. The largest absolute Gasteiger partial charge is 0.376 e. The van der Waals surface area contributed by atoms with Gasteiger partial charge in [0.25, 0.3) is 5.91 Å². The average Bonchev–Trinajstić information content (AvgIpc) is 3.56. The Morgan fingerprint density at radius 1 is 1.14 bits per heavy atom. The zero-order valence-electron chi connectivity index (χ0n) is 20.9. The predicted octanol–water partition coefficient (Wildman–Crippen LogP) is 5.25. The molecule has 3 aromatic rings. The molecule has 1 amide bonds. The van der Waals surface area contributed by atoms with Crippen LogP contribution in [-0.4, -0.2) is 55.5 Å². The molecule has 0 spiro atoms. The van der Waals surface area contributed by atoms with Crippen molar-refractivity contribution in [3.05, 3.63) is 53.6 Å². The molecule has 1 aromatic heterocycles. The van der Waals surface area contributed by atoms with Gasteiger partial charge in [0.05, 0.1) is 27.8 Å². The number of amides is 1. The Hall–Kier alpha value is -2.33. The number of piperidine rings is 1. The van der Waals surface area contributed by atoms with Crippen molar-refractivity contribution in [1.82, 2.24) is 9.29 Å². The highest BCUT2D eigenvalue weighted by molar-refractivity contribution is 7.89. The molecule has 2 fully saturated rings. The highest BCUT2D eigenvalue weighted by atomic mass is 32.2. The summed E-state index contributed by atoms with van der Waals surface area (Å²) in [5.74, 6) is -0.199. The maximum Gasteiger partial charge on any atom is 0.260 e. The van der Waals surface area contributed by atoms with Crippen LogP contribution in [-0.2, 0) is 21.2 Å². The number of rotatable bonds is 7. The van der Waals surface area contributed by atoms with Crippen molar-refractivity contribution in [3.8, 4) is 0 Å². The lowest BCUT2D eigenvalue weighted by atomic mass is 10.1. The van der Waals surface area contributed by atoms with Crippen molar-refractivity contribution in [2.24, 2.45) is 0 Å². The molecule has 0 radical (unpaired) electrons. The zero-order valence-corrected chi connectivity index (χ0v) is 22.5. The molecule has 192 valence electrons. The van der Waals surface area contributed by atoms with E-state index in [0.29, 0.717) is 30.4 Å². The van der Waals surface area contributed by atoms with Crippen molar-refractivity contribution in [2.45, 2.75) is 69.4 Å². The lowest BCUT2D eigenvalue weighted by Gasteiger charge is -2.32. The molecule has 2 saturated heterocycles. The number of hydrogen-bond donors (Lipinski definition) is 0. The van der Waals surface area contributed by atoms with Crippen LogP contribution in [0.25, 0.3) is 10.2 Å². The summed E-state index contributed by atoms with van der Waals surface area (Å²) < 4.78 is 34.9. The molecule has 9 heteroatoms. The smallest absolute Gasteiger partial charge is 0.260 e. The number of anilines is 1. The summed E-state index contributed by atoms with van der Waals surface area (Å²) in [6.07, 6.45) is 5.58. The first-order chi connectivity index (χ1) is 17.4. The molecular weight excluding hydrogens is 494 g/mol. The van der Waals surface area contributed by atoms with Crippen LogP contribution in [0.15, 0.2) is 47.4 Å². The quantitative estimate of drug-likeness (QED) is 0.419. The Morgan fingerprint density at radius 2 is 1.94 bits per heavy atom. The molecule has 3 heterocycles. The van der Waals surface area contributed by atoms with E-state index >= 15 is 0 Å². The second-order valence-electron chi connectivity index (χ2n) is 9.69. The number of benzene rings is 2. The van der Waals surface area contributed by atoms with Crippen LogP contribution < -0.4 is 4.90 Å². The normalized spacial score (nSPS) is 21.2. The van der Waals surface area contributed by atoms with Gasteiger partial charge in [0, 0.05) is 24.8 Å². The van der Waals surface area contributed by atoms with E-state index in [4.69, 9.17) is 9.72 Å². The van der Waals surface area contributed by atoms with E-state index in [9.17, 15) is 13.2 Å².